The molecule has 0 fully saturated rings. The smallest absolute Gasteiger partial charge is 0.256 e. The predicted molar refractivity (Wildman–Crippen MR) is 46.5 cm³/mol. The van der Waals surface area contributed by atoms with Crippen molar-refractivity contribution >= 4 is 26.0 Å². The normalized spacial score (nSPS) is 11.4. The first kappa shape index (κ1) is 8.61. The molecule has 0 aromatic carbocycles. The van der Waals surface area contributed by atoms with Crippen LogP contribution >= 0.6 is 15.9 Å². The Labute approximate surface area is 73.4 Å². The van der Waals surface area contributed by atoms with Crippen molar-refractivity contribution in [3.05, 3.63) is 24.5 Å². The van der Waals surface area contributed by atoms with Gasteiger partial charge < -0.3 is 0 Å². The Balaban J connectivity index is 2.72. The molecule has 1 aromatic rings. The van der Waals surface area contributed by atoms with Crippen molar-refractivity contribution in [2.75, 3.05) is 9.49 Å². The van der Waals surface area contributed by atoms with Gasteiger partial charge >= 0.3 is 0 Å². The Morgan fingerprint density at radius 2 is 1.91 bits per heavy atom. The molecule has 0 saturated carbocycles. The standard InChI is InChI=1S/C5H7BrN2O2S/c6-5-11(9,10)7-8-3-1-2-4-8/h1-4,7H,5H2. The molecule has 0 bridgehead atoms. The van der Waals surface area contributed by atoms with Crippen molar-refractivity contribution in [2.24, 2.45) is 0 Å². The fourth-order valence-electron chi connectivity index (χ4n) is 0.580. The maximum atomic E-state index is 10.9. The van der Waals surface area contributed by atoms with Crippen molar-refractivity contribution in [1.82, 2.24) is 4.68 Å². The molecule has 6 heteroatoms. The largest absolute Gasteiger partial charge is 0.262 e. The summed E-state index contributed by atoms with van der Waals surface area (Å²) in [5.74, 6) is 0. The zero-order valence-electron chi connectivity index (χ0n) is 5.57. The van der Waals surface area contributed by atoms with Crippen molar-refractivity contribution in [3.63, 3.8) is 0 Å². The fraction of sp³-hybridized carbons (Fsp3) is 0.200. The maximum absolute atomic E-state index is 10.9. The molecular weight excluding hydrogens is 232 g/mol. The minimum atomic E-state index is -3.21. The molecule has 1 heterocycles. The second-order valence-corrected chi connectivity index (χ2v) is 4.91. The van der Waals surface area contributed by atoms with Gasteiger partial charge in [-0.3, -0.25) is 4.68 Å². The first-order valence-electron chi connectivity index (χ1n) is 2.83. The fourth-order valence-corrected chi connectivity index (χ4v) is 1.38. The van der Waals surface area contributed by atoms with Gasteiger partial charge in [0, 0.05) is 12.4 Å². The van der Waals surface area contributed by atoms with E-state index in [9.17, 15) is 8.42 Å². The molecule has 1 aromatic heterocycles. The summed E-state index contributed by atoms with van der Waals surface area (Å²) in [6.45, 7) is 0. The van der Waals surface area contributed by atoms with E-state index in [4.69, 9.17) is 0 Å². The highest BCUT2D eigenvalue weighted by Crippen LogP contribution is 1.94. The van der Waals surface area contributed by atoms with Crippen LogP contribution in [0.5, 0.6) is 0 Å². The lowest BCUT2D eigenvalue weighted by Crippen LogP contribution is -2.22. The summed E-state index contributed by atoms with van der Waals surface area (Å²) in [7, 11) is -3.21. The quantitative estimate of drug-likeness (QED) is 0.790. The SMILES string of the molecule is O=S(=O)(CBr)Nn1cccc1. The Morgan fingerprint density at radius 3 is 2.36 bits per heavy atom. The Kier molecular flexibility index (Phi) is 2.56. The molecule has 0 aliphatic carbocycles. The number of hydrogen-bond donors (Lipinski definition) is 1. The minimum absolute atomic E-state index is 0.0990. The van der Waals surface area contributed by atoms with Crippen LogP contribution in [0.3, 0.4) is 0 Å². The number of nitrogens with zero attached hydrogens (tertiary/aromatic N) is 1. The van der Waals surface area contributed by atoms with E-state index in [0.29, 0.717) is 0 Å². The van der Waals surface area contributed by atoms with Crippen LogP contribution in [0.25, 0.3) is 0 Å². The maximum Gasteiger partial charge on any atom is 0.256 e. The summed E-state index contributed by atoms with van der Waals surface area (Å²) >= 11 is 2.85. The Morgan fingerprint density at radius 1 is 1.36 bits per heavy atom. The van der Waals surface area contributed by atoms with Crippen LogP contribution in [0.15, 0.2) is 24.5 Å². The Hall–Kier alpha value is -0.490. The van der Waals surface area contributed by atoms with Gasteiger partial charge in [0.2, 0.25) is 0 Å². The minimum Gasteiger partial charge on any atom is -0.262 e. The molecule has 4 nitrogen and oxygen atoms in total. The monoisotopic (exact) mass is 238 g/mol. The Bertz CT molecular complexity index is 305. The number of nitrogens with one attached hydrogen (secondary N) is 1. The van der Waals surface area contributed by atoms with Gasteiger partial charge in [0.1, 0.15) is 4.66 Å². The van der Waals surface area contributed by atoms with Crippen LogP contribution in [0.1, 0.15) is 0 Å². The van der Waals surface area contributed by atoms with Crippen molar-refractivity contribution in [3.8, 4) is 0 Å². The lowest BCUT2D eigenvalue weighted by atomic mass is 10.7. The summed E-state index contributed by atoms with van der Waals surface area (Å²) < 4.78 is 23.0. The zero-order valence-corrected chi connectivity index (χ0v) is 7.97. The summed E-state index contributed by atoms with van der Waals surface area (Å²) in [4.78, 5) is 2.29. The predicted octanol–water partition coefficient (Wildman–Crippen LogP) is 0.714. The van der Waals surface area contributed by atoms with Crippen molar-refractivity contribution < 1.29 is 8.42 Å². The van der Waals surface area contributed by atoms with E-state index >= 15 is 0 Å². The highest BCUT2D eigenvalue weighted by Gasteiger charge is 2.05. The highest BCUT2D eigenvalue weighted by atomic mass is 79.9. The van der Waals surface area contributed by atoms with Crippen molar-refractivity contribution in [2.45, 2.75) is 0 Å². The third-order valence-electron chi connectivity index (χ3n) is 0.993. The van der Waals surface area contributed by atoms with Crippen LogP contribution in [-0.4, -0.2) is 17.8 Å². The summed E-state index contributed by atoms with van der Waals surface area (Å²) in [6.07, 6.45) is 3.22. The molecule has 62 valence electrons. The van der Waals surface area contributed by atoms with Gasteiger partial charge in [0.05, 0.1) is 0 Å². The van der Waals surface area contributed by atoms with Crippen LogP contribution in [0, 0.1) is 0 Å². The van der Waals surface area contributed by atoms with Gasteiger partial charge in [-0.05, 0) is 12.1 Å². The number of hydrogen-bond acceptors (Lipinski definition) is 2. The number of sulfonamides is 1. The van der Waals surface area contributed by atoms with Gasteiger partial charge in [0.25, 0.3) is 10.0 Å². The molecule has 0 spiro atoms. The molecule has 0 aliphatic heterocycles. The molecule has 1 rings (SSSR count). The van der Waals surface area contributed by atoms with Crippen LogP contribution in [-0.2, 0) is 10.0 Å². The van der Waals surface area contributed by atoms with Gasteiger partial charge in [-0.2, -0.15) is 0 Å². The lowest BCUT2D eigenvalue weighted by molar-refractivity contribution is 0.600. The molecule has 0 atom stereocenters. The van der Waals surface area contributed by atoms with E-state index in [1.807, 2.05) is 0 Å². The lowest BCUT2D eigenvalue weighted by Gasteiger charge is -2.04. The molecule has 0 radical (unpaired) electrons. The average Bonchev–Trinajstić information content (AvgIpc) is 2.39. The van der Waals surface area contributed by atoms with E-state index < -0.39 is 10.0 Å². The second-order valence-electron chi connectivity index (χ2n) is 1.91. The first-order chi connectivity index (χ1) is 5.14. The van der Waals surface area contributed by atoms with Gasteiger partial charge in [-0.1, -0.05) is 15.9 Å². The zero-order chi connectivity index (χ0) is 8.32. The first-order valence-corrected chi connectivity index (χ1v) is 5.61. The van der Waals surface area contributed by atoms with E-state index in [1.54, 1.807) is 24.5 Å². The third-order valence-corrected chi connectivity index (χ3v) is 3.58. The number of aromatic nitrogens is 1. The van der Waals surface area contributed by atoms with Crippen LogP contribution in [0.4, 0.5) is 0 Å². The number of halogens is 1. The molecule has 11 heavy (non-hydrogen) atoms. The third kappa shape index (κ3) is 2.55. The van der Waals surface area contributed by atoms with E-state index in [-0.39, 0.29) is 4.66 Å². The second kappa shape index (κ2) is 3.27. The van der Waals surface area contributed by atoms with Crippen LogP contribution in [0.2, 0.25) is 0 Å². The van der Waals surface area contributed by atoms with Crippen LogP contribution < -0.4 is 4.83 Å². The molecule has 0 saturated heterocycles. The molecule has 0 amide bonds. The topological polar surface area (TPSA) is 51.1 Å². The van der Waals surface area contributed by atoms with E-state index in [2.05, 4.69) is 20.8 Å². The van der Waals surface area contributed by atoms with E-state index in [0.717, 1.165) is 0 Å². The van der Waals surface area contributed by atoms with Gasteiger partial charge in [-0.25, -0.2) is 13.2 Å². The molecular formula is C5H7BrN2O2S. The summed E-state index contributed by atoms with van der Waals surface area (Å²) in [6, 6.07) is 3.47. The highest BCUT2D eigenvalue weighted by molar-refractivity contribution is 9.10. The molecule has 1 N–H and O–H groups in total. The van der Waals surface area contributed by atoms with Crippen molar-refractivity contribution in [1.29, 1.82) is 0 Å². The molecule has 0 unspecified atom stereocenters. The van der Waals surface area contributed by atoms with Gasteiger partial charge in [-0.15, -0.1) is 0 Å². The number of alkyl halides is 1. The average molecular weight is 239 g/mol. The number of rotatable bonds is 3. The van der Waals surface area contributed by atoms with E-state index in [1.165, 1.54) is 4.68 Å². The summed E-state index contributed by atoms with van der Waals surface area (Å²) in [5, 5.41) is 0. The van der Waals surface area contributed by atoms with Gasteiger partial charge in [0.15, 0.2) is 0 Å². The molecule has 0 aliphatic rings. The summed E-state index contributed by atoms with van der Waals surface area (Å²) in [5.41, 5.74) is 0.